The number of aromatic carboxylic acids is 1. The largest absolute Gasteiger partial charge is 0.545 e. The third kappa shape index (κ3) is 10.5. The highest BCUT2D eigenvalue weighted by Gasteiger charge is 2.37. The van der Waals surface area contributed by atoms with Crippen molar-refractivity contribution in [2.24, 2.45) is 0 Å². The molecule has 0 spiro atoms. The second-order valence-electron chi connectivity index (χ2n) is 20.1. The van der Waals surface area contributed by atoms with Crippen LogP contribution in [0.3, 0.4) is 0 Å². The maximum atomic E-state index is 15.3. The molecule has 5 aliphatic heterocycles. The molecule has 0 saturated carbocycles. The van der Waals surface area contributed by atoms with E-state index in [4.69, 9.17) is 23.3 Å². The van der Waals surface area contributed by atoms with Crippen molar-refractivity contribution < 1.29 is 47.3 Å². The molecule has 1 N–H and O–H groups in total. The van der Waals surface area contributed by atoms with Gasteiger partial charge in [-0.3, -0.25) is 9.36 Å². The normalized spacial score (nSPS) is 17.2. The van der Waals surface area contributed by atoms with E-state index in [2.05, 4.69) is 26.9 Å². The van der Waals surface area contributed by atoms with E-state index in [0.717, 1.165) is 105 Å². The molecule has 1 amide bonds. The number of esters is 1. The van der Waals surface area contributed by atoms with Gasteiger partial charge in [0, 0.05) is 77.6 Å². The third-order valence-corrected chi connectivity index (χ3v) is 14.7. The average molecular weight is 912 g/mol. The Morgan fingerprint density at radius 3 is 2.17 bits per heavy atom. The number of nitrogens with zero attached hydrogens (tertiary/aromatic N) is 2. The van der Waals surface area contributed by atoms with E-state index in [-0.39, 0.29) is 36.5 Å². The molecule has 8 rings (SSSR count). The number of aryl methyl sites for hydroxylation is 2. The molecule has 0 bridgehead atoms. The Morgan fingerprint density at radius 1 is 0.769 bits per heavy atom. The topological polar surface area (TPSA) is 156 Å². The minimum Gasteiger partial charge on any atom is -0.545 e. The van der Waals surface area contributed by atoms with E-state index in [1.54, 1.807) is 26.8 Å². The molecule has 5 aliphatic rings. The molecule has 14 heteroatoms. The van der Waals surface area contributed by atoms with Gasteiger partial charge in [-0.15, -0.1) is 0 Å². The molecule has 3 aromatic rings. The fourth-order valence-electron chi connectivity index (χ4n) is 10.1. The Kier molecular flexibility index (Phi) is 13.9. The number of carboxylic acids is 1. The number of ether oxygens (including phenoxy) is 3. The molecule has 350 valence electrons. The van der Waals surface area contributed by atoms with E-state index in [0.29, 0.717) is 44.2 Å². The van der Waals surface area contributed by atoms with Crippen LogP contribution in [0.5, 0.6) is 11.5 Å². The summed E-state index contributed by atoms with van der Waals surface area (Å²) >= 11 is 0. The summed E-state index contributed by atoms with van der Waals surface area (Å²) in [5, 5.41) is 18.4. The fourth-order valence-corrected chi connectivity index (χ4v) is 11.8. The van der Waals surface area contributed by atoms with Crippen LogP contribution in [0.25, 0.3) is 5.57 Å². The summed E-state index contributed by atoms with van der Waals surface area (Å²) in [6, 6.07) is 9.10. The molecule has 0 aromatic heterocycles. The van der Waals surface area contributed by atoms with Crippen LogP contribution >= 0.6 is 7.60 Å². The van der Waals surface area contributed by atoms with Gasteiger partial charge in [0.2, 0.25) is 5.36 Å². The predicted molar refractivity (Wildman–Crippen MR) is 248 cm³/mol. The van der Waals surface area contributed by atoms with Gasteiger partial charge < -0.3 is 43.4 Å². The van der Waals surface area contributed by atoms with Crippen molar-refractivity contribution in [3.8, 4) is 11.5 Å². The first-order valence-corrected chi connectivity index (χ1v) is 25.4. The second-order valence-corrected chi connectivity index (χ2v) is 22.1. The quantitative estimate of drug-likeness (QED) is 0.0564. The second kappa shape index (κ2) is 19.3. The Bertz CT molecular complexity index is 2490. The molecule has 1 atom stereocenters. The zero-order valence-electron chi connectivity index (χ0n) is 39.2. The van der Waals surface area contributed by atoms with Crippen LogP contribution in [0.15, 0.2) is 30.3 Å². The lowest BCUT2D eigenvalue weighted by molar-refractivity contribution is -0.255. The van der Waals surface area contributed by atoms with Gasteiger partial charge in [0.25, 0.3) is 0 Å². The molecule has 13 nitrogen and oxygen atoms in total. The van der Waals surface area contributed by atoms with E-state index >= 15 is 4.57 Å². The van der Waals surface area contributed by atoms with Gasteiger partial charge in [-0.25, -0.2) is 9.37 Å². The van der Waals surface area contributed by atoms with Crippen LogP contribution in [-0.2, 0) is 53.6 Å². The van der Waals surface area contributed by atoms with Crippen LogP contribution in [0, 0.1) is 0 Å². The first-order chi connectivity index (χ1) is 31.0. The highest BCUT2D eigenvalue weighted by atomic mass is 31.2. The number of fused-ring (bicyclic) bond motifs is 4. The first-order valence-electron chi connectivity index (χ1n) is 23.9. The number of unbranched alkanes of at least 4 members (excludes halogenated alkanes) is 3. The summed E-state index contributed by atoms with van der Waals surface area (Å²) in [4.78, 5) is 40.4. The number of nitrogens with one attached hydrogen (secondary N) is 1. The molecular weight excluding hydrogens is 846 g/mol. The van der Waals surface area contributed by atoms with Crippen LogP contribution in [0.1, 0.15) is 149 Å². The van der Waals surface area contributed by atoms with E-state index < -0.39 is 30.9 Å². The smallest absolute Gasteiger partial charge is 0.407 e. The summed E-state index contributed by atoms with van der Waals surface area (Å²) in [6.07, 6.45) is 10.0. The van der Waals surface area contributed by atoms with E-state index in [1.165, 1.54) is 45.4 Å². The van der Waals surface area contributed by atoms with Gasteiger partial charge in [-0.05, 0) is 141 Å². The highest BCUT2D eigenvalue weighted by Crippen LogP contribution is 2.51. The van der Waals surface area contributed by atoms with Crippen LogP contribution < -0.4 is 40.5 Å². The number of hydrogen-bond acceptors (Lipinski definition) is 11. The Hall–Kier alpha value is -4.71. The van der Waals surface area contributed by atoms with Crippen molar-refractivity contribution in [1.29, 1.82) is 0 Å². The summed E-state index contributed by atoms with van der Waals surface area (Å²) in [5.41, 5.74) is 6.79. The lowest BCUT2D eigenvalue weighted by Crippen LogP contribution is -2.45. The molecule has 0 fully saturated rings. The van der Waals surface area contributed by atoms with Gasteiger partial charge >= 0.3 is 19.7 Å². The SMILES string of the molecule is CC(C)(C)OC(=O)CCCCCOP(=O)(OCCCCNC(=O)OC(C)(C)C)c1ccc(C(=O)[O-])c(C2=c3cc4c5c(c3Oc3c2cc2c6c3CCCN6CCC2)CCC[N+]=5CCC4)c1. The Labute approximate surface area is 383 Å². The highest BCUT2D eigenvalue weighted by molar-refractivity contribution is 7.62. The minimum atomic E-state index is -4.10. The number of benzene rings is 3. The van der Waals surface area contributed by atoms with Crippen molar-refractivity contribution in [1.82, 2.24) is 9.89 Å². The lowest BCUT2D eigenvalue weighted by atomic mass is 9.82. The van der Waals surface area contributed by atoms with Crippen LogP contribution in [0.4, 0.5) is 10.5 Å². The maximum Gasteiger partial charge on any atom is 0.407 e. The monoisotopic (exact) mass is 911 g/mol. The standard InChI is InChI=1S/C51H66N3O10P/c1-50(2,3)63-42(55)20-8-7-10-28-60-65(59,61-29-11-9-23-52-49(58)64-51(4,5)6)35-21-22-36(48(56)57)39(32-35)43-40-30-33-16-12-24-53-26-14-18-37(44(33)53)46(40)62-47-38-19-15-27-54-25-13-17-34(45(38)54)31-41(43)47/h21-22,30-32H,7-20,23-29H2,1-6H3,(H-,52,56,57,58). The van der Waals surface area contributed by atoms with Gasteiger partial charge in [-0.2, -0.15) is 0 Å². The van der Waals surface area contributed by atoms with Crippen molar-refractivity contribution in [3.63, 3.8) is 0 Å². The van der Waals surface area contributed by atoms with Gasteiger partial charge in [-0.1, -0.05) is 12.5 Å². The molecule has 65 heavy (non-hydrogen) atoms. The van der Waals surface area contributed by atoms with Crippen molar-refractivity contribution in [3.05, 3.63) is 79.9 Å². The van der Waals surface area contributed by atoms with Crippen molar-refractivity contribution in [2.75, 3.05) is 50.8 Å². The lowest BCUT2D eigenvalue weighted by Gasteiger charge is -2.39. The third-order valence-electron chi connectivity index (χ3n) is 12.7. The van der Waals surface area contributed by atoms with E-state index in [1.807, 2.05) is 20.8 Å². The molecule has 0 aliphatic carbocycles. The van der Waals surface area contributed by atoms with E-state index in [9.17, 15) is 19.5 Å². The summed E-state index contributed by atoms with van der Waals surface area (Å²) in [6.45, 7) is 15.4. The van der Waals surface area contributed by atoms with Crippen molar-refractivity contribution >= 4 is 42.2 Å². The zero-order chi connectivity index (χ0) is 46.1. The number of carbonyl (C=O) groups excluding carboxylic acids is 3. The first kappa shape index (κ1) is 46.8. The maximum absolute atomic E-state index is 15.3. The summed E-state index contributed by atoms with van der Waals surface area (Å²) < 4.78 is 48.3. The molecule has 0 saturated heterocycles. The van der Waals surface area contributed by atoms with Crippen molar-refractivity contribution in [2.45, 2.75) is 143 Å². The molecular formula is C51H66N3O10P. The summed E-state index contributed by atoms with van der Waals surface area (Å²) in [7, 11) is -4.10. The zero-order valence-corrected chi connectivity index (χ0v) is 40.1. The minimum absolute atomic E-state index is 0.0227. The Morgan fingerprint density at radius 2 is 1.45 bits per heavy atom. The molecule has 1 unspecified atom stereocenters. The predicted octanol–water partition coefficient (Wildman–Crippen LogP) is 6.54. The number of amides is 1. The van der Waals surface area contributed by atoms with Gasteiger partial charge in [0.15, 0.2) is 0 Å². The molecule has 0 radical (unpaired) electrons. The average Bonchev–Trinajstić information content (AvgIpc) is 3.24. The van der Waals surface area contributed by atoms with Gasteiger partial charge in [0.1, 0.15) is 35.8 Å². The number of carbonyl (C=O) groups is 3. The van der Waals surface area contributed by atoms with Gasteiger partial charge in [0.05, 0.1) is 30.1 Å². The number of carboxylic acid groups (broad SMARTS) is 1. The fraction of sp³-hybridized carbons (Fsp3) is 0.569. The Balaban J connectivity index is 1.18. The number of rotatable bonds is 16. The van der Waals surface area contributed by atoms with Crippen LogP contribution in [-0.4, -0.2) is 75.2 Å². The number of alkyl carbamates (subject to hydrolysis) is 1. The molecule has 3 aromatic carbocycles. The summed E-state index contributed by atoms with van der Waals surface area (Å²) in [5.74, 6) is -0.0617. The molecule has 5 heterocycles. The number of hydrogen-bond donors (Lipinski definition) is 1. The number of anilines is 1. The van der Waals surface area contributed by atoms with Crippen LogP contribution in [0.2, 0.25) is 0 Å².